The van der Waals surface area contributed by atoms with Crippen LogP contribution in [0.4, 0.5) is 5.69 Å². The van der Waals surface area contributed by atoms with E-state index in [-0.39, 0.29) is 17.7 Å². The van der Waals surface area contributed by atoms with Gasteiger partial charge in [-0.3, -0.25) is 14.6 Å². The fourth-order valence-corrected chi connectivity index (χ4v) is 5.93. The summed E-state index contributed by atoms with van der Waals surface area (Å²) >= 11 is 0. The molecule has 3 aromatic carbocycles. The van der Waals surface area contributed by atoms with Gasteiger partial charge < -0.3 is 10.2 Å². The van der Waals surface area contributed by atoms with E-state index in [2.05, 4.69) is 52.8 Å². The van der Waals surface area contributed by atoms with Crippen molar-refractivity contribution >= 4 is 28.4 Å². The summed E-state index contributed by atoms with van der Waals surface area (Å²) in [7, 11) is 0. The van der Waals surface area contributed by atoms with Gasteiger partial charge in [0.1, 0.15) is 6.04 Å². The Morgan fingerprint density at radius 3 is 2.54 bits per heavy atom. The van der Waals surface area contributed by atoms with E-state index in [1.54, 1.807) is 11.1 Å². The molecule has 0 bridgehead atoms. The zero-order valence-electron chi connectivity index (χ0n) is 21.5. The molecular weight excluding hydrogens is 458 g/mol. The van der Waals surface area contributed by atoms with Crippen LogP contribution in [-0.4, -0.2) is 34.3 Å². The molecule has 0 unspecified atom stereocenters. The van der Waals surface area contributed by atoms with Gasteiger partial charge in [-0.25, -0.2) is 0 Å². The van der Waals surface area contributed by atoms with E-state index in [1.807, 2.05) is 51.1 Å². The number of aromatic nitrogens is 1. The number of rotatable bonds is 3. The van der Waals surface area contributed by atoms with Crippen molar-refractivity contribution in [2.75, 3.05) is 11.9 Å². The minimum atomic E-state index is -0.590. The fourth-order valence-electron chi connectivity index (χ4n) is 5.93. The van der Waals surface area contributed by atoms with E-state index in [0.29, 0.717) is 12.2 Å². The Hall–Kier alpha value is -3.99. The van der Waals surface area contributed by atoms with E-state index >= 15 is 0 Å². The molecule has 0 spiro atoms. The predicted octanol–water partition coefficient (Wildman–Crippen LogP) is 6.18. The lowest BCUT2D eigenvalue weighted by molar-refractivity contribution is -0.143. The minimum absolute atomic E-state index is 0.000222. The summed E-state index contributed by atoms with van der Waals surface area (Å²) in [5.74, 6) is -0.245. The molecule has 2 heterocycles. The normalized spacial score (nSPS) is 18.5. The Morgan fingerprint density at radius 1 is 0.919 bits per heavy atom. The first-order valence-corrected chi connectivity index (χ1v) is 13.0. The monoisotopic (exact) mass is 489 g/mol. The van der Waals surface area contributed by atoms with Crippen molar-refractivity contribution in [1.29, 1.82) is 0 Å². The molecule has 5 nitrogen and oxygen atoms in total. The third-order valence-electron chi connectivity index (χ3n) is 7.71. The number of hydrogen-bond donors (Lipinski definition) is 1. The second-order valence-electron chi connectivity index (χ2n) is 11.2. The van der Waals surface area contributed by atoms with Crippen LogP contribution in [-0.2, 0) is 16.0 Å². The second-order valence-corrected chi connectivity index (χ2v) is 11.2. The van der Waals surface area contributed by atoms with Gasteiger partial charge >= 0.3 is 0 Å². The molecule has 1 N–H and O–H groups in total. The average molecular weight is 490 g/mol. The standard InChI is InChI=1S/C32H31N3O2/c1-32(2,3)31(37)35-17-15-26(22-13-14-25-23(19-22)18-21-8-4-5-11-24(21)25)29(35)30(36)34-27-12-6-9-20-10-7-16-33-28(20)27/h4-14,16,19,26,29H,15,17-18H2,1-3H3,(H,34,36)/t26-,29-/m0/s1. The molecule has 2 atom stereocenters. The van der Waals surface area contributed by atoms with E-state index in [4.69, 9.17) is 0 Å². The lowest BCUT2D eigenvalue weighted by Crippen LogP contribution is -2.49. The van der Waals surface area contributed by atoms with Gasteiger partial charge in [0.2, 0.25) is 11.8 Å². The SMILES string of the molecule is CC(C)(C)C(=O)N1CC[C@@H](c2ccc3c(c2)Cc2ccccc2-3)[C@H]1C(=O)Nc1cccc2cccnc12. The summed E-state index contributed by atoms with van der Waals surface area (Å²) in [4.78, 5) is 33.7. The maximum Gasteiger partial charge on any atom is 0.247 e. The molecule has 0 radical (unpaired) electrons. The molecule has 1 fully saturated rings. The molecule has 2 aliphatic rings. The summed E-state index contributed by atoms with van der Waals surface area (Å²) < 4.78 is 0. The molecule has 37 heavy (non-hydrogen) atoms. The van der Waals surface area contributed by atoms with Crippen molar-refractivity contribution < 1.29 is 9.59 Å². The molecule has 2 amide bonds. The van der Waals surface area contributed by atoms with Gasteiger partial charge in [0.15, 0.2) is 0 Å². The van der Waals surface area contributed by atoms with Crippen LogP contribution >= 0.6 is 0 Å². The Labute approximate surface area is 217 Å². The number of para-hydroxylation sites is 1. The Balaban J connectivity index is 1.36. The molecule has 186 valence electrons. The van der Waals surface area contributed by atoms with Gasteiger partial charge in [-0.2, -0.15) is 0 Å². The molecule has 1 aromatic heterocycles. The highest BCUT2D eigenvalue weighted by Crippen LogP contribution is 2.42. The predicted molar refractivity (Wildman–Crippen MR) is 147 cm³/mol. The second kappa shape index (κ2) is 8.84. The van der Waals surface area contributed by atoms with Gasteiger partial charge in [0.05, 0.1) is 11.2 Å². The highest BCUT2D eigenvalue weighted by Gasteiger charge is 2.45. The fraction of sp³-hybridized carbons (Fsp3) is 0.281. The van der Waals surface area contributed by atoms with E-state index in [1.165, 1.54) is 22.3 Å². The summed E-state index contributed by atoms with van der Waals surface area (Å²) in [5, 5.41) is 4.10. The minimum Gasteiger partial charge on any atom is -0.330 e. The number of anilines is 1. The van der Waals surface area contributed by atoms with E-state index < -0.39 is 11.5 Å². The summed E-state index contributed by atoms with van der Waals surface area (Å²) in [6, 6.07) is 24.2. The average Bonchev–Trinajstić information content (AvgIpc) is 3.49. The number of benzene rings is 3. The van der Waals surface area contributed by atoms with Gasteiger partial charge in [0, 0.05) is 29.5 Å². The number of pyridine rings is 1. The van der Waals surface area contributed by atoms with E-state index in [0.717, 1.165) is 29.3 Å². The zero-order chi connectivity index (χ0) is 25.7. The molecule has 1 saturated heterocycles. The highest BCUT2D eigenvalue weighted by atomic mass is 16.2. The number of nitrogens with one attached hydrogen (secondary N) is 1. The Kier molecular flexibility index (Phi) is 5.59. The molecule has 1 aliphatic heterocycles. The lowest BCUT2D eigenvalue weighted by atomic mass is 9.88. The van der Waals surface area contributed by atoms with Gasteiger partial charge in [-0.05, 0) is 52.8 Å². The van der Waals surface area contributed by atoms with Crippen LogP contribution in [0.3, 0.4) is 0 Å². The first kappa shape index (κ1) is 23.4. The summed E-state index contributed by atoms with van der Waals surface area (Å²) in [6.07, 6.45) is 3.38. The number of carbonyl (C=O) groups is 2. The Bertz CT molecular complexity index is 1530. The van der Waals surface area contributed by atoms with Crippen molar-refractivity contribution in [3.63, 3.8) is 0 Å². The zero-order valence-corrected chi connectivity index (χ0v) is 21.5. The number of amides is 2. The van der Waals surface area contributed by atoms with Crippen LogP contribution < -0.4 is 5.32 Å². The van der Waals surface area contributed by atoms with Crippen molar-refractivity contribution in [3.05, 3.63) is 95.7 Å². The third kappa shape index (κ3) is 4.08. The highest BCUT2D eigenvalue weighted by molar-refractivity contribution is 6.04. The van der Waals surface area contributed by atoms with Gasteiger partial charge in [-0.15, -0.1) is 0 Å². The number of nitrogens with zero attached hydrogens (tertiary/aromatic N) is 2. The smallest absolute Gasteiger partial charge is 0.247 e. The van der Waals surface area contributed by atoms with Crippen molar-refractivity contribution in [1.82, 2.24) is 9.88 Å². The molecule has 6 rings (SSSR count). The van der Waals surface area contributed by atoms with Crippen molar-refractivity contribution in [2.45, 2.75) is 45.6 Å². The van der Waals surface area contributed by atoms with Crippen LogP contribution in [0.2, 0.25) is 0 Å². The topological polar surface area (TPSA) is 62.3 Å². The maximum absolute atomic E-state index is 14.0. The van der Waals surface area contributed by atoms with E-state index in [9.17, 15) is 9.59 Å². The summed E-state index contributed by atoms with van der Waals surface area (Å²) in [6.45, 7) is 6.31. The third-order valence-corrected chi connectivity index (χ3v) is 7.71. The van der Waals surface area contributed by atoms with Crippen LogP contribution in [0.25, 0.3) is 22.0 Å². The Morgan fingerprint density at radius 2 is 1.70 bits per heavy atom. The van der Waals surface area contributed by atoms with Crippen LogP contribution in [0.5, 0.6) is 0 Å². The number of carbonyl (C=O) groups excluding carboxylic acids is 2. The van der Waals surface area contributed by atoms with Crippen LogP contribution in [0, 0.1) is 5.41 Å². The molecule has 4 aromatic rings. The number of hydrogen-bond acceptors (Lipinski definition) is 3. The molecular formula is C32H31N3O2. The number of fused-ring (bicyclic) bond motifs is 4. The molecule has 0 saturated carbocycles. The van der Waals surface area contributed by atoms with Crippen LogP contribution in [0.1, 0.15) is 49.8 Å². The molecule has 5 heteroatoms. The largest absolute Gasteiger partial charge is 0.330 e. The van der Waals surface area contributed by atoms with Crippen molar-refractivity contribution in [2.24, 2.45) is 5.41 Å². The maximum atomic E-state index is 14.0. The first-order valence-electron chi connectivity index (χ1n) is 13.0. The first-order chi connectivity index (χ1) is 17.8. The number of likely N-dealkylation sites (tertiary alicyclic amines) is 1. The van der Waals surface area contributed by atoms with Crippen LogP contribution in [0.15, 0.2) is 79.0 Å². The summed E-state index contributed by atoms with van der Waals surface area (Å²) in [5.41, 5.74) is 7.14. The van der Waals surface area contributed by atoms with Gasteiger partial charge in [-0.1, -0.05) is 81.4 Å². The lowest BCUT2D eigenvalue weighted by Gasteiger charge is -2.32. The van der Waals surface area contributed by atoms with Crippen molar-refractivity contribution in [3.8, 4) is 11.1 Å². The molecule has 1 aliphatic carbocycles. The van der Waals surface area contributed by atoms with Gasteiger partial charge in [0.25, 0.3) is 0 Å². The quantitative estimate of drug-likeness (QED) is 0.329.